The fraction of sp³-hybridized carbons (Fsp3) is 0.550. The maximum Gasteiger partial charge on any atom is 0.326 e. The van der Waals surface area contributed by atoms with Crippen molar-refractivity contribution >= 4 is 17.8 Å². The number of hydrogen-bond acceptors (Lipinski definition) is 5. The van der Waals surface area contributed by atoms with Crippen LogP contribution in [0.1, 0.15) is 31.7 Å². The van der Waals surface area contributed by atoms with Crippen molar-refractivity contribution in [1.29, 1.82) is 0 Å². The van der Waals surface area contributed by atoms with Gasteiger partial charge < -0.3 is 25.2 Å². The second kappa shape index (κ2) is 10.2. The van der Waals surface area contributed by atoms with E-state index in [9.17, 15) is 23.9 Å². The molecule has 0 spiro atoms. The first-order chi connectivity index (χ1) is 13.7. The summed E-state index contributed by atoms with van der Waals surface area (Å²) >= 11 is 0. The van der Waals surface area contributed by atoms with E-state index in [-0.39, 0.29) is 38.9 Å². The van der Waals surface area contributed by atoms with E-state index in [1.165, 1.54) is 14.0 Å². The SMILES string of the molecule is COc1ccc(C[C@H](NC(=O)[C@H](C)NC(=O)CC2(F)CCOCC2)C(=O)O)cc1. The monoisotopic (exact) mass is 410 g/mol. The average molecular weight is 410 g/mol. The molecular weight excluding hydrogens is 383 g/mol. The Labute approximate surface area is 168 Å². The number of hydrogen-bond donors (Lipinski definition) is 3. The number of carbonyl (C=O) groups is 3. The maximum absolute atomic E-state index is 14.6. The summed E-state index contributed by atoms with van der Waals surface area (Å²) in [7, 11) is 1.53. The van der Waals surface area contributed by atoms with Gasteiger partial charge in [-0.3, -0.25) is 9.59 Å². The Bertz CT molecular complexity index is 718. The Balaban J connectivity index is 1.88. The molecule has 1 aromatic rings. The van der Waals surface area contributed by atoms with E-state index in [1.54, 1.807) is 24.3 Å². The third-order valence-corrected chi connectivity index (χ3v) is 4.85. The molecule has 0 radical (unpaired) electrons. The highest BCUT2D eigenvalue weighted by molar-refractivity contribution is 5.90. The van der Waals surface area contributed by atoms with Gasteiger partial charge in [0.25, 0.3) is 0 Å². The molecule has 1 aliphatic rings. The number of benzene rings is 1. The number of methoxy groups -OCH3 is 1. The number of carboxylic acids is 1. The van der Waals surface area contributed by atoms with Gasteiger partial charge in [-0.15, -0.1) is 0 Å². The molecule has 2 rings (SSSR count). The van der Waals surface area contributed by atoms with Crippen LogP contribution in [0.4, 0.5) is 4.39 Å². The van der Waals surface area contributed by atoms with Gasteiger partial charge in [-0.05, 0) is 24.6 Å². The maximum atomic E-state index is 14.6. The molecule has 8 nitrogen and oxygen atoms in total. The number of rotatable bonds is 9. The lowest BCUT2D eigenvalue weighted by Gasteiger charge is -2.29. The van der Waals surface area contributed by atoms with Gasteiger partial charge >= 0.3 is 5.97 Å². The topological polar surface area (TPSA) is 114 Å². The lowest BCUT2D eigenvalue weighted by molar-refractivity contribution is -0.142. The van der Waals surface area contributed by atoms with Crippen molar-refractivity contribution in [3.63, 3.8) is 0 Å². The van der Waals surface area contributed by atoms with Crippen LogP contribution < -0.4 is 15.4 Å². The highest BCUT2D eigenvalue weighted by atomic mass is 19.1. The molecule has 0 bridgehead atoms. The molecule has 1 aromatic carbocycles. The molecule has 9 heteroatoms. The zero-order valence-electron chi connectivity index (χ0n) is 16.6. The summed E-state index contributed by atoms with van der Waals surface area (Å²) in [5, 5.41) is 14.3. The molecule has 0 aromatic heterocycles. The van der Waals surface area contributed by atoms with E-state index in [0.717, 1.165) is 0 Å². The minimum atomic E-state index is -1.64. The van der Waals surface area contributed by atoms with Crippen molar-refractivity contribution in [2.75, 3.05) is 20.3 Å². The largest absolute Gasteiger partial charge is 0.497 e. The van der Waals surface area contributed by atoms with E-state index in [0.29, 0.717) is 11.3 Å². The van der Waals surface area contributed by atoms with Crippen LogP contribution in [0.25, 0.3) is 0 Å². The van der Waals surface area contributed by atoms with Crippen molar-refractivity contribution in [3.8, 4) is 5.75 Å². The number of nitrogens with one attached hydrogen (secondary N) is 2. The number of alkyl halides is 1. The van der Waals surface area contributed by atoms with Crippen LogP contribution in [0.2, 0.25) is 0 Å². The number of carboxylic acid groups (broad SMARTS) is 1. The Morgan fingerprint density at radius 3 is 2.38 bits per heavy atom. The van der Waals surface area contributed by atoms with E-state index in [1.807, 2.05) is 0 Å². The number of ether oxygens (including phenoxy) is 2. The molecule has 0 aliphatic carbocycles. The average Bonchev–Trinajstić information content (AvgIpc) is 2.67. The molecule has 1 saturated heterocycles. The summed E-state index contributed by atoms with van der Waals surface area (Å²) in [6, 6.07) is 4.65. The molecule has 29 heavy (non-hydrogen) atoms. The van der Waals surface area contributed by atoms with E-state index >= 15 is 0 Å². The molecule has 0 unspecified atom stereocenters. The molecule has 1 aliphatic heterocycles. The second-order valence-electron chi connectivity index (χ2n) is 7.18. The van der Waals surface area contributed by atoms with Crippen LogP contribution in [-0.4, -0.2) is 61.0 Å². The van der Waals surface area contributed by atoms with Crippen LogP contribution in [0.5, 0.6) is 5.75 Å². The van der Waals surface area contributed by atoms with Gasteiger partial charge in [0.15, 0.2) is 0 Å². The molecule has 1 heterocycles. The number of aliphatic carboxylic acids is 1. The first kappa shape index (κ1) is 22.6. The van der Waals surface area contributed by atoms with Crippen molar-refractivity contribution in [2.24, 2.45) is 0 Å². The van der Waals surface area contributed by atoms with E-state index in [4.69, 9.17) is 9.47 Å². The van der Waals surface area contributed by atoms with Gasteiger partial charge in [-0.1, -0.05) is 12.1 Å². The molecule has 1 fully saturated rings. The number of amides is 2. The molecule has 2 atom stereocenters. The van der Waals surface area contributed by atoms with Gasteiger partial charge in [0.2, 0.25) is 11.8 Å². The van der Waals surface area contributed by atoms with Gasteiger partial charge in [0, 0.05) is 32.5 Å². The molecule has 160 valence electrons. The minimum absolute atomic E-state index is 0.0688. The second-order valence-corrected chi connectivity index (χ2v) is 7.18. The van der Waals surface area contributed by atoms with E-state index in [2.05, 4.69) is 10.6 Å². The number of carbonyl (C=O) groups excluding carboxylic acids is 2. The summed E-state index contributed by atoms with van der Waals surface area (Å²) in [5.41, 5.74) is -0.940. The van der Waals surface area contributed by atoms with Gasteiger partial charge in [-0.25, -0.2) is 9.18 Å². The predicted octanol–water partition coefficient (Wildman–Crippen LogP) is 1.22. The summed E-state index contributed by atoms with van der Waals surface area (Å²) in [5.74, 6) is -1.81. The highest BCUT2D eigenvalue weighted by Gasteiger charge is 2.35. The fourth-order valence-electron chi connectivity index (χ4n) is 3.05. The van der Waals surface area contributed by atoms with Crippen LogP contribution >= 0.6 is 0 Å². The molecule has 2 amide bonds. The van der Waals surface area contributed by atoms with Crippen LogP contribution in [0.15, 0.2) is 24.3 Å². The van der Waals surface area contributed by atoms with Crippen LogP contribution in [0, 0.1) is 0 Å². The normalized spacial score (nSPS) is 17.6. The Hall–Kier alpha value is -2.68. The molecular formula is C20H27FN2O6. The summed E-state index contributed by atoms with van der Waals surface area (Å²) in [6.45, 7) is 1.94. The van der Waals surface area contributed by atoms with Gasteiger partial charge in [0.05, 0.1) is 13.5 Å². The first-order valence-electron chi connectivity index (χ1n) is 9.44. The van der Waals surface area contributed by atoms with Crippen LogP contribution in [0.3, 0.4) is 0 Å². The van der Waals surface area contributed by atoms with Crippen molar-refractivity contribution in [3.05, 3.63) is 29.8 Å². The third kappa shape index (κ3) is 7.01. The zero-order valence-corrected chi connectivity index (χ0v) is 16.6. The first-order valence-corrected chi connectivity index (χ1v) is 9.44. The standard InChI is InChI=1S/C20H27FN2O6/c1-13(22-17(24)12-20(21)7-9-29-10-8-20)18(25)23-16(19(26)27)11-14-3-5-15(28-2)6-4-14/h3-6,13,16H,7-12H2,1-2H3,(H,22,24)(H,23,25)(H,26,27)/t13-,16-/m0/s1. The predicted molar refractivity (Wildman–Crippen MR) is 102 cm³/mol. The molecule has 0 saturated carbocycles. The Kier molecular flexibility index (Phi) is 7.95. The van der Waals surface area contributed by atoms with Crippen molar-refractivity contribution < 1.29 is 33.4 Å². The summed E-state index contributed by atoms with van der Waals surface area (Å²) in [4.78, 5) is 36.0. The summed E-state index contributed by atoms with van der Waals surface area (Å²) < 4.78 is 24.7. The minimum Gasteiger partial charge on any atom is -0.497 e. The van der Waals surface area contributed by atoms with Gasteiger partial charge in [-0.2, -0.15) is 0 Å². The summed E-state index contributed by atoms with van der Waals surface area (Å²) in [6.07, 6.45) is -0.0323. The fourth-order valence-corrected chi connectivity index (χ4v) is 3.05. The highest BCUT2D eigenvalue weighted by Crippen LogP contribution is 2.28. The van der Waals surface area contributed by atoms with Crippen LogP contribution in [-0.2, 0) is 25.5 Å². The van der Waals surface area contributed by atoms with Gasteiger partial charge in [0.1, 0.15) is 23.5 Å². The lowest BCUT2D eigenvalue weighted by Crippen LogP contribution is -2.51. The third-order valence-electron chi connectivity index (χ3n) is 4.85. The Morgan fingerprint density at radius 2 is 1.83 bits per heavy atom. The van der Waals surface area contributed by atoms with Crippen molar-refractivity contribution in [1.82, 2.24) is 10.6 Å². The van der Waals surface area contributed by atoms with E-state index < -0.39 is 35.5 Å². The Morgan fingerprint density at radius 1 is 1.21 bits per heavy atom. The number of halogens is 1. The quantitative estimate of drug-likeness (QED) is 0.564. The van der Waals surface area contributed by atoms with Crippen molar-refractivity contribution in [2.45, 2.75) is 50.4 Å². The molecule has 3 N–H and O–H groups in total. The smallest absolute Gasteiger partial charge is 0.326 e. The lowest BCUT2D eigenvalue weighted by atomic mass is 9.92. The zero-order chi connectivity index (χ0) is 21.4.